The Morgan fingerprint density at radius 1 is 1.14 bits per heavy atom. The summed E-state index contributed by atoms with van der Waals surface area (Å²) in [5, 5.41) is 4.70. The maximum Gasteiger partial charge on any atom is 0.256 e. The molecule has 0 unspecified atom stereocenters. The Bertz CT molecular complexity index is 839. The fourth-order valence-electron chi connectivity index (χ4n) is 2.22. The lowest BCUT2D eigenvalue weighted by Gasteiger charge is -2.10. The molecule has 5 heteroatoms. The number of carbonyl (C=O) groups excluding carboxylic acids is 1. The lowest BCUT2D eigenvalue weighted by molar-refractivity contribution is 0.102. The summed E-state index contributed by atoms with van der Waals surface area (Å²) in [6, 6.07) is 10.8. The molecule has 2 N–H and O–H groups in total. The first kappa shape index (κ1) is 14.0. The van der Waals surface area contributed by atoms with E-state index in [1.54, 1.807) is 24.4 Å². The minimum atomic E-state index is -0.220. The predicted molar refractivity (Wildman–Crippen MR) is 87.5 cm³/mol. The normalized spacial score (nSPS) is 10.8. The number of H-pyrrole nitrogens is 1. The molecule has 0 fully saturated rings. The molecule has 21 heavy (non-hydrogen) atoms. The minimum Gasteiger partial charge on any atom is -0.361 e. The molecule has 1 heterocycles. The fourth-order valence-corrected chi connectivity index (χ4v) is 2.64. The first-order valence-electron chi connectivity index (χ1n) is 6.39. The Labute approximate surface area is 131 Å². The van der Waals surface area contributed by atoms with Crippen molar-refractivity contribution in [1.29, 1.82) is 0 Å². The molecule has 0 aliphatic heterocycles. The van der Waals surface area contributed by atoms with E-state index in [-0.39, 0.29) is 5.91 Å². The van der Waals surface area contributed by atoms with Crippen molar-refractivity contribution >= 4 is 45.7 Å². The van der Waals surface area contributed by atoms with Crippen LogP contribution in [0.15, 0.2) is 42.6 Å². The highest BCUT2D eigenvalue weighted by Crippen LogP contribution is 2.29. The van der Waals surface area contributed by atoms with Crippen LogP contribution in [0.5, 0.6) is 0 Å². The van der Waals surface area contributed by atoms with Crippen LogP contribution in [-0.4, -0.2) is 10.9 Å². The van der Waals surface area contributed by atoms with Crippen LogP contribution in [0.3, 0.4) is 0 Å². The van der Waals surface area contributed by atoms with Gasteiger partial charge in [-0.15, -0.1) is 0 Å². The molecule has 2 aromatic carbocycles. The average Bonchev–Trinajstić information content (AvgIpc) is 2.92. The molecule has 0 spiro atoms. The van der Waals surface area contributed by atoms with Crippen LogP contribution in [0.2, 0.25) is 10.0 Å². The zero-order chi connectivity index (χ0) is 15.0. The van der Waals surface area contributed by atoms with Crippen molar-refractivity contribution in [1.82, 2.24) is 4.98 Å². The number of fused-ring (bicyclic) bond motifs is 1. The van der Waals surface area contributed by atoms with Gasteiger partial charge in [0, 0.05) is 27.7 Å². The number of carbonyl (C=O) groups is 1. The Morgan fingerprint density at radius 3 is 2.76 bits per heavy atom. The Morgan fingerprint density at radius 2 is 1.95 bits per heavy atom. The highest BCUT2D eigenvalue weighted by molar-refractivity contribution is 6.36. The van der Waals surface area contributed by atoms with Crippen LogP contribution < -0.4 is 5.32 Å². The number of rotatable bonds is 2. The second-order valence-corrected chi connectivity index (χ2v) is 5.59. The number of anilines is 1. The largest absolute Gasteiger partial charge is 0.361 e. The molecule has 0 aliphatic carbocycles. The smallest absolute Gasteiger partial charge is 0.256 e. The zero-order valence-electron chi connectivity index (χ0n) is 11.2. The van der Waals surface area contributed by atoms with Gasteiger partial charge in [-0.25, -0.2) is 0 Å². The molecule has 0 bridgehead atoms. The van der Waals surface area contributed by atoms with Crippen molar-refractivity contribution in [2.24, 2.45) is 0 Å². The minimum absolute atomic E-state index is 0.220. The maximum absolute atomic E-state index is 12.4. The topological polar surface area (TPSA) is 44.9 Å². The summed E-state index contributed by atoms with van der Waals surface area (Å²) in [4.78, 5) is 15.5. The monoisotopic (exact) mass is 318 g/mol. The van der Waals surface area contributed by atoms with Crippen LogP contribution in [0, 0.1) is 6.92 Å². The van der Waals surface area contributed by atoms with Gasteiger partial charge in [-0.1, -0.05) is 29.3 Å². The molecule has 0 atom stereocenters. The van der Waals surface area contributed by atoms with E-state index in [4.69, 9.17) is 23.2 Å². The number of benzene rings is 2. The summed E-state index contributed by atoms with van der Waals surface area (Å²) in [5.74, 6) is -0.220. The number of aromatic nitrogens is 1. The molecule has 3 aromatic rings. The van der Waals surface area contributed by atoms with E-state index < -0.39 is 0 Å². The fraction of sp³-hybridized carbons (Fsp3) is 0.0625. The van der Waals surface area contributed by atoms with Gasteiger partial charge in [0.15, 0.2) is 0 Å². The number of hydrogen-bond acceptors (Lipinski definition) is 1. The molecule has 3 rings (SSSR count). The van der Waals surface area contributed by atoms with Crippen molar-refractivity contribution in [3.63, 3.8) is 0 Å². The van der Waals surface area contributed by atoms with Gasteiger partial charge in [0.2, 0.25) is 0 Å². The van der Waals surface area contributed by atoms with Gasteiger partial charge in [-0.05, 0) is 42.8 Å². The van der Waals surface area contributed by atoms with E-state index in [1.807, 2.05) is 25.1 Å². The Balaban J connectivity index is 1.97. The number of hydrogen-bond donors (Lipinski definition) is 2. The highest BCUT2D eigenvalue weighted by Gasteiger charge is 2.13. The van der Waals surface area contributed by atoms with Gasteiger partial charge < -0.3 is 10.3 Å². The molecule has 0 saturated carbocycles. The number of aromatic amines is 1. The van der Waals surface area contributed by atoms with Crippen molar-refractivity contribution in [2.45, 2.75) is 6.92 Å². The third-order valence-electron chi connectivity index (χ3n) is 3.34. The van der Waals surface area contributed by atoms with Crippen molar-refractivity contribution in [3.05, 3.63) is 63.8 Å². The Kier molecular flexibility index (Phi) is 3.62. The van der Waals surface area contributed by atoms with Gasteiger partial charge in [0.05, 0.1) is 10.7 Å². The Hall–Kier alpha value is -1.97. The van der Waals surface area contributed by atoms with Gasteiger partial charge in [0.25, 0.3) is 5.91 Å². The van der Waals surface area contributed by atoms with Crippen molar-refractivity contribution in [2.75, 3.05) is 5.32 Å². The van der Waals surface area contributed by atoms with Crippen LogP contribution >= 0.6 is 23.2 Å². The average molecular weight is 319 g/mol. The van der Waals surface area contributed by atoms with Crippen LogP contribution in [-0.2, 0) is 0 Å². The highest BCUT2D eigenvalue weighted by atomic mass is 35.5. The predicted octanol–water partition coefficient (Wildman–Crippen LogP) is 5.04. The van der Waals surface area contributed by atoms with Crippen molar-refractivity contribution < 1.29 is 4.79 Å². The number of halogens is 2. The van der Waals surface area contributed by atoms with Gasteiger partial charge in [-0.3, -0.25) is 4.79 Å². The van der Waals surface area contributed by atoms with E-state index in [2.05, 4.69) is 10.3 Å². The van der Waals surface area contributed by atoms with E-state index in [9.17, 15) is 4.79 Å². The molecular weight excluding hydrogens is 307 g/mol. The van der Waals surface area contributed by atoms with Gasteiger partial charge in [-0.2, -0.15) is 0 Å². The standard InChI is InChI=1S/C16H12Cl2N2O/c1-9-7-13(18)15(8-12(9)17)20-16(21)11-3-2-4-14-10(11)5-6-19-14/h2-8,19H,1H3,(H,20,21). The second kappa shape index (κ2) is 5.43. The van der Waals surface area contributed by atoms with Crippen LogP contribution in [0.1, 0.15) is 15.9 Å². The van der Waals surface area contributed by atoms with Crippen molar-refractivity contribution in [3.8, 4) is 0 Å². The molecule has 0 radical (unpaired) electrons. The van der Waals surface area contributed by atoms with Gasteiger partial charge in [0.1, 0.15) is 0 Å². The summed E-state index contributed by atoms with van der Waals surface area (Å²) in [5.41, 5.74) is 2.87. The molecule has 106 valence electrons. The summed E-state index contributed by atoms with van der Waals surface area (Å²) in [6.07, 6.45) is 1.80. The SMILES string of the molecule is Cc1cc(Cl)c(NC(=O)c2cccc3[nH]ccc23)cc1Cl. The molecular formula is C16H12Cl2N2O. The molecule has 1 aromatic heterocycles. The van der Waals surface area contributed by atoms with Crippen LogP contribution in [0.25, 0.3) is 10.9 Å². The number of aryl methyl sites for hydroxylation is 1. The van der Waals surface area contributed by atoms with E-state index in [1.165, 1.54) is 0 Å². The van der Waals surface area contributed by atoms with E-state index >= 15 is 0 Å². The van der Waals surface area contributed by atoms with Crippen LogP contribution in [0.4, 0.5) is 5.69 Å². The molecule has 0 aliphatic rings. The first-order chi connectivity index (χ1) is 10.1. The molecule has 1 amide bonds. The maximum atomic E-state index is 12.4. The van der Waals surface area contributed by atoms with E-state index in [0.717, 1.165) is 16.5 Å². The lowest BCUT2D eigenvalue weighted by Crippen LogP contribution is -2.12. The summed E-state index contributed by atoms with van der Waals surface area (Å²) in [6.45, 7) is 1.86. The third-order valence-corrected chi connectivity index (χ3v) is 4.06. The summed E-state index contributed by atoms with van der Waals surface area (Å²) in [7, 11) is 0. The zero-order valence-corrected chi connectivity index (χ0v) is 12.7. The summed E-state index contributed by atoms with van der Waals surface area (Å²) >= 11 is 12.2. The summed E-state index contributed by atoms with van der Waals surface area (Å²) < 4.78 is 0. The second-order valence-electron chi connectivity index (χ2n) is 4.78. The molecule has 0 saturated heterocycles. The molecule has 3 nitrogen and oxygen atoms in total. The quantitative estimate of drug-likeness (QED) is 0.683. The lowest BCUT2D eigenvalue weighted by atomic mass is 10.1. The first-order valence-corrected chi connectivity index (χ1v) is 7.15. The third kappa shape index (κ3) is 2.62. The number of amides is 1. The van der Waals surface area contributed by atoms with Gasteiger partial charge >= 0.3 is 0 Å². The number of nitrogens with one attached hydrogen (secondary N) is 2. The van der Waals surface area contributed by atoms with E-state index in [0.29, 0.717) is 21.3 Å².